The molecule has 1 aliphatic heterocycles. The van der Waals surface area contributed by atoms with E-state index in [0.29, 0.717) is 37.6 Å². The van der Waals surface area contributed by atoms with E-state index >= 15 is 0 Å². The van der Waals surface area contributed by atoms with Gasteiger partial charge in [0.05, 0.1) is 14.2 Å². The minimum Gasteiger partial charge on any atom is -0.497 e. The van der Waals surface area contributed by atoms with E-state index in [1.165, 1.54) is 10.4 Å². The number of methoxy groups -OCH3 is 2. The first-order chi connectivity index (χ1) is 14.0. The summed E-state index contributed by atoms with van der Waals surface area (Å²) < 4.78 is 37.9. The van der Waals surface area contributed by atoms with Crippen LogP contribution in [0.4, 0.5) is 0 Å². The number of thiophene rings is 1. The molecular weight excluding hydrogens is 432 g/mol. The van der Waals surface area contributed by atoms with Gasteiger partial charge in [-0.05, 0) is 41.6 Å². The van der Waals surface area contributed by atoms with Crippen molar-refractivity contribution in [2.45, 2.75) is 11.3 Å². The van der Waals surface area contributed by atoms with Gasteiger partial charge < -0.3 is 14.8 Å². The maximum absolute atomic E-state index is 12.9. The van der Waals surface area contributed by atoms with Crippen molar-refractivity contribution in [2.75, 3.05) is 45.4 Å². The summed E-state index contributed by atoms with van der Waals surface area (Å²) in [4.78, 5) is 13.0. The number of benzene rings is 1. The Balaban J connectivity index is 1.68. The molecule has 1 aromatic carbocycles. The molecule has 1 aliphatic rings. The van der Waals surface area contributed by atoms with Crippen molar-refractivity contribution in [3.8, 4) is 11.5 Å². The number of sulfonamides is 1. The van der Waals surface area contributed by atoms with Gasteiger partial charge >= 0.3 is 0 Å². The third-order valence-electron chi connectivity index (χ3n) is 4.59. The fourth-order valence-corrected chi connectivity index (χ4v) is 6.95. The van der Waals surface area contributed by atoms with Crippen LogP contribution in [0.3, 0.4) is 0 Å². The van der Waals surface area contributed by atoms with E-state index in [1.807, 2.05) is 18.2 Å². The summed E-state index contributed by atoms with van der Waals surface area (Å²) in [6, 6.07) is 7.00. The third-order valence-corrected chi connectivity index (χ3v) is 8.52. The average molecular weight is 457 g/mol. The molecule has 3 rings (SSSR count). The standard InChI is InChI=1S/C19H24N2O5S3/c1-25-15-3-4-16(26-2)14(13-15)5-7-20-19(22)18-17(6-10-28-18)29(23,24)21-8-11-27-12-9-21/h3-4,6,10,13H,5,7-9,11-12H2,1-2H3,(H,20,22). The van der Waals surface area contributed by atoms with Gasteiger partial charge in [0.1, 0.15) is 21.3 Å². The Morgan fingerprint density at radius 2 is 1.93 bits per heavy atom. The largest absolute Gasteiger partial charge is 0.497 e. The summed E-state index contributed by atoms with van der Waals surface area (Å²) in [5, 5.41) is 4.47. The van der Waals surface area contributed by atoms with Crippen LogP contribution in [0.25, 0.3) is 0 Å². The van der Waals surface area contributed by atoms with Crippen molar-refractivity contribution in [3.05, 3.63) is 40.1 Å². The molecule has 0 atom stereocenters. The summed E-state index contributed by atoms with van der Waals surface area (Å²) in [7, 11) is -0.479. The zero-order valence-corrected chi connectivity index (χ0v) is 18.8. The first kappa shape index (κ1) is 21.9. The van der Waals surface area contributed by atoms with Gasteiger partial charge in [0, 0.05) is 31.1 Å². The second-order valence-electron chi connectivity index (χ2n) is 6.31. The number of thioether (sulfide) groups is 1. The molecule has 0 spiro atoms. The predicted molar refractivity (Wildman–Crippen MR) is 116 cm³/mol. The number of amides is 1. The van der Waals surface area contributed by atoms with Crippen LogP contribution >= 0.6 is 23.1 Å². The Kier molecular flexibility index (Phi) is 7.44. The zero-order valence-electron chi connectivity index (χ0n) is 16.3. The molecule has 0 saturated carbocycles. The lowest BCUT2D eigenvalue weighted by Gasteiger charge is -2.25. The van der Waals surface area contributed by atoms with Crippen LogP contribution in [-0.2, 0) is 16.4 Å². The lowest BCUT2D eigenvalue weighted by molar-refractivity contribution is 0.0955. The molecule has 29 heavy (non-hydrogen) atoms. The molecule has 0 aliphatic carbocycles. The molecular formula is C19H24N2O5S3. The predicted octanol–water partition coefficient (Wildman–Crippen LogP) is 2.48. The van der Waals surface area contributed by atoms with Gasteiger partial charge in [0.15, 0.2) is 0 Å². The van der Waals surface area contributed by atoms with Gasteiger partial charge in [-0.15, -0.1) is 11.3 Å². The molecule has 10 heteroatoms. The van der Waals surface area contributed by atoms with Crippen LogP contribution in [0.5, 0.6) is 11.5 Å². The van der Waals surface area contributed by atoms with Crippen molar-refractivity contribution in [2.24, 2.45) is 0 Å². The summed E-state index contributed by atoms with van der Waals surface area (Å²) >= 11 is 2.88. The Morgan fingerprint density at radius 1 is 1.17 bits per heavy atom. The molecule has 1 N–H and O–H groups in total. The maximum Gasteiger partial charge on any atom is 0.262 e. The van der Waals surface area contributed by atoms with E-state index < -0.39 is 10.0 Å². The SMILES string of the molecule is COc1ccc(OC)c(CCNC(=O)c2sccc2S(=O)(=O)N2CCSCC2)c1. The van der Waals surface area contributed by atoms with Crippen molar-refractivity contribution < 1.29 is 22.7 Å². The molecule has 0 bridgehead atoms. The highest BCUT2D eigenvalue weighted by Crippen LogP contribution is 2.27. The monoisotopic (exact) mass is 456 g/mol. The van der Waals surface area contributed by atoms with Gasteiger partial charge in [0.2, 0.25) is 10.0 Å². The zero-order chi connectivity index (χ0) is 20.9. The summed E-state index contributed by atoms with van der Waals surface area (Å²) in [5.74, 6) is 2.58. The molecule has 158 valence electrons. The number of nitrogens with zero attached hydrogens (tertiary/aromatic N) is 1. The van der Waals surface area contributed by atoms with Crippen LogP contribution in [0.1, 0.15) is 15.2 Å². The second kappa shape index (κ2) is 9.84. The van der Waals surface area contributed by atoms with E-state index in [4.69, 9.17) is 9.47 Å². The summed E-state index contributed by atoms with van der Waals surface area (Å²) in [6.45, 7) is 1.29. The van der Waals surface area contributed by atoms with Crippen LogP contribution < -0.4 is 14.8 Å². The molecule has 7 nitrogen and oxygen atoms in total. The molecule has 1 saturated heterocycles. The van der Waals surface area contributed by atoms with Gasteiger partial charge in [-0.1, -0.05) is 0 Å². The fraction of sp³-hybridized carbons (Fsp3) is 0.421. The average Bonchev–Trinajstić information content (AvgIpc) is 3.25. The topological polar surface area (TPSA) is 84.9 Å². The van der Waals surface area contributed by atoms with E-state index in [1.54, 1.807) is 31.4 Å². The molecule has 0 radical (unpaired) electrons. The normalized spacial score (nSPS) is 15.1. The molecule has 1 aromatic heterocycles. The molecule has 2 aromatic rings. The quantitative estimate of drug-likeness (QED) is 0.657. The van der Waals surface area contributed by atoms with E-state index in [2.05, 4.69) is 5.32 Å². The Hall–Kier alpha value is -1.75. The van der Waals surface area contributed by atoms with Gasteiger partial charge in [0.25, 0.3) is 5.91 Å². The first-order valence-corrected chi connectivity index (χ1v) is 12.6. The summed E-state index contributed by atoms with van der Waals surface area (Å²) in [6.07, 6.45) is 0.531. The van der Waals surface area contributed by atoms with Crippen LogP contribution in [0, 0.1) is 0 Å². The van der Waals surface area contributed by atoms with Crippen molar-refractivity contribution in [3.63, 3.8) is 0 Å². The van der Waals surface area contributed by atoms with Crippen molar-refractivity contribution in [1.82, 2.24) is 9.62 Å². The number of carbonyl (C=O) groups is 1. The van der Waals surface area contributed by atoms with Gasteiger partial charge in [-0.2, -0.15) is 16.1 Å². The van der Waals surface area contributed by atoms with Crippen LogP contribution in [-0.4, -0.2) is 64.0 Å². The maximum atomic E-state index is 12.9. The summed E-state index contributed by atoms with van der Waals surface area (Å²) in [5.41, 5.74) is 0.900. The second-order valence-corrected chi connectivity index (χ2v) is 10.4. The molecule has 1 amide bonds. The minimum absolute atomic E-state index is 0.0888. The van der Waals surface area contributed by atoms with Crippen molar-refractivity contribution in [1.29, 1.82) is 0 Å². The molecule has 0 unspecified atom stereocenters. The number of nitrogens with one attached hydrogen (secondary N) is 1. The number of carbonyl (C=O) groups excluding carboxylic acids is 1. The minimum atomic E-state index is -3.66. The Bertz CT molecular complexity index is 953. The Labute approximate surface area is 179 Å². The smallest absolute Gasteiger partial charge is 0.262 e. The highest BCUT2D eigenvalue weighted by molar-refractivity contribution is 7.99. The number of hydrogen-bond acceptors (Lipinski definition) is 7. The van der Waals surface area contributed by atoms with Crippen LogP contribution in [0.2, 0.25) is 0 Å². The number of rotatable bonds is 8. The van der Waals surface area contributed by atoms with Crippen molar-refractivity contribution >= 4 is 39.0 Å². The fourth-order valence-electron chi connectivity index (χ4n) is 3.06. The van der Waals surface area contributed by atoms with E-state index in [0.717, 1.165) is 28.4 Å². The first-order valence-electron chi connectivity index (χ1n) is 9.12. The van der Waals surface area contributed by atoms with Gasteiger partial charge in [-0.25, -0.2) is 8.42 Å². The lowest BCUT2D eigenvalue weighted by Crippen LogP contribution is -2.38. The molecule has 2 heterocycles. The highest BCUT2D eigenvalue weighted by atomic mass is 32.2. The number of hydrogen-bond donors (Lipinski definition) is 1. The van der Waals surface area contributed by atoms with Gasteiger partial charge in [-0.3, -0.25) is 4.79 Å². The lowest BCUT2D eigenvalue weighted by atomic mass is 10.1. The Morgan fingerprint density at radius 3 is 2.62 bits per heavy atom. The van der Waals surface area contributed by atoms with E-state index in [-0.39, 0.29) is 15.7 Å². The molecule has 1 fully saturated rings. The van der Waals surface area contributed by atoms with Crippen LogP contribution in [0.15, 0.2) is 34.5 Å². The highest BCUT2D eigenvalue weighted by Gasteiger charge is 2.31. The van der Waals surface area contributed by atoms with E-state index in [9.17, 15) is 13.2 Å². The third kappa shape index (κ3) is 5.06. The number of ether oxygens (including phenoxy) is 2.